The van der Waals surface area contributed by atoms with Gasteiger partial charge in [0, 0.05) is 18.5 Å². The molecule has 0 aromatic rings. The fourth-order valence-corrected chi connectivity index (χ4v) is 4.43. The second-order valence-corrected chi connectivity index (χ2v) is 6.42. The topological polar surface area (TPSA) is 55.1 Å². The molecule has 3 heteroatoms. The molecule has 0 saturated heterocycles. The van der Waals surface area contributed by atoms with Crippen molar-refractivity contribution >= 4 is 5.91 Å². The Hall–Kier alpha value is -0.570. The molecule has 3 rings (SSSR count). The maximum absolute atomic E-state index is 12.0. The van der Waals surface area contributed by atoms with Gasteiger partial charge in [0.05, 0.1) is 0 Å². The highest BCUT2D eigenvalue weighted by atomic mass is 16.2. The van der Waals surface area contributed by atoms with Crippen LogP contribution in [-0.4, -0.2) is 18.5 Å². The number of hydrogen-bond acceptors (Lipinski definition) is 2. The summed E-state index contributed by atoms with van der Waals surface area (Å²) < 4.78 is 0. The molecule has 96 valence electrons. The molecule has 3 aliphatic carbocycles. The second kappa shape index (κ2) is 4.27. The van der Waals surface area contributed by atoms with Crippen molar-refractivity contribution in [3.05, 3.63) is 0 Å². The number of nitrogens with two attached hydrogens (primary N) is 1. The van der Waals surface area contributed by atoms with Gasteiger partial charge < -0.3 is 11.1 Å². The van der Waals surface area contributed by atoms with Crippen LogP contribution in [0.15, 0.2) is 0 Å². The molecule has 5 unspecified atom stereocenters. The molecule has 5 atom stereocenters. The van der Waals surface area contributed by atoms with Crippen molar-refractivity contribution in [2.24, 2.45) is 35.3 Å². The van der Waals surface area contributed by atoms with Gasteiger partial charge in [-0.15, -0.1) is 0 Å². The average molecular weight is 236 g/mol. The normalized spacial score (nSPS) is 43.3. The Labute approximate surface area is 104 Å². The van der Waals surface area contributed by atoms with Crippen LogP contribution >= 0.6 is 0 Å². The van der Waals surface area contributed by atoms with E-state index in [2.05, 4.69) is 5.32 Å². The number of rotatable bonds is 5. The Morgan fingerprint density at radius 1 is 1.35 bits per heavy atom. The molecular formula is C14H24N2O. The fourth-order valence-electron chi connectivity index (χ4n) is 4.43. The highest BCUT2D eigenvalue weighted by Crippen LogP contribution is 2.69. The first-order valence-corrected chi connectivity index (χ1v) is 7.21. The van der Waals surface area contributed by atoms with E-state index in [1.807, 2.05) is 6.92 Å². The first kappa shape index (κ1) is 11.5. The van der Waals surface area contributed by atoms with Crippen LogP contribution in [0.2, 0.25) is 0 Å². The Morgan fingerprint density at radius 2 is 2.00 bits per heavy atom. The Kier molecular flexibility index (Phi) is 2.89. The zero-order valence-corrected chi connectivity index (χ0v) is 10.7. The van der Waals surface area contributed by atoms with E-state index in [1.54, 1.807) is 0 Å². The van der Waals surface area contributed by atoms with Gasteiger partial charge in [-0.3, -0.25) is 4.79 Å². The van der Waals surface area contributed by atoms with E-state index in [4.69, 9.17) is 5.73 Å². The van der Waals surface area contributed by atoms with Crippen molar-refractivity contribution in [3.63, 3.8) is 0 Å². The number of fused-ring (bicyclic) bond motifs is 5. The second-order valence-electron chi connectivity index (χ2n) is 6.42. The molecule has 2 bridgehead atoms. The lowest BCUT2D eigenvalue weighted by molar-refractivity contribution is -0.123. The molecule has 0 aromatic heterocycles. The summed E-state index contributed by atoms with van der Waals surface area (Å²) in [7, 11) is 0. The minimum absolute atomic E-state index is 0.253. The van der Waals surface area contributed by atoms with E-state index >= 15 is 0 Å². The van der Waals surface area contributed by atoms with Gasteiger partial charge >= 0.3 is 0 Å². The van der Waals surface area contributed by atoms with Crippen molar-refractivity contribution < 1.29 is 4.79 Å². The van der Waals surface area contributed by atoms with Crippen molar-refractivity contribution in [3.8, 4) is 0 Å². The quantitative estimate of drug-likeness (QED) is 0.711. The molecule has 17 heavy (non-hydrogen) atoms. The maximum atomic E-state index is 12.0. The van der Waals surface area contributed by atoms with E-state index in [-0.39, 0.29) is 6.04 Å². The van der Waals surface area contributed by atoms with Crippen LogP contribution in [0.3, 0.4) is 0 Å². The molecule has 0 heterocycles. The standard InChI is InChI=1S/C14H24N2O/c1-8(15)3-2-6-16-14(17)13-11-9-4-5-10(7-9)12(11)13/h8-13H,2-7,15H2,1H3,(H,16,17). The predicted molar refractivity (Wildman–Crippen MR) is 67.2 cm³/mol. The summed E-state index contributed by atoms with van der Waals surface area (Å²) in [5.74, 6) is 4.04. The summed E-state index contributed by atoms with van der Waals surface area (Å²) in [6.45, 7) is 2.83. The third-order valence-electron chi connectivity index (χ3n) is 5.17. The number of amides is 1. The molecule has 1 amide bonds. The van der Waals surface area contributed by atoms with Crippen LogP contribution in [-0.2, 0) is 4.79 Å². The first-order valence-electron chi connectivity index (χ1n) is 7.21. The van der Waals surface area contributed by atoms with E-state index < -0.39 is 0 Å². The number of carbonyl (C=O) groups is 1. The smallest absolute Gasteiger partial charge is 0.223 e. The third-order valence-corrected chi connectivity index (χ3v) is 5.17. The average Bonchev–Trinajstić information content (AvgIpc) is 2.73. The van der Waals surface area contributed by atoms with E-state index in [0.717, 1.165) is 43.1 Å². The van der Waals surface area contributed by atoms with Gasteiger partial charge in [0.25, 0.3) is 0 Å². The molecule has 3 aliphatic rings. The Bertz CT molecular complexity index is 299. The molecule has 3 fully saturated rings. The van der Waals surface area contributed by atoms with E-state index in [0.29, 0.717) is 11.8 Å². The van der Waals surface area contributed by atoms with Crippen molar-refractivity contribution in [1.29, 1.82) is 0 Å². The molecule has 0 radical (unpaired) electrons. The maximum Gasteiger partial charge on any atom is 0.223 e. The minimum atomic E-state index is 0.253. The van der Waals surface area contributed by atoms with Gasteiger partial charge in [-0.2, -0.15) is 0 Å². The van der Waals surface area contributed by atoms with Gasteiger partial charge in [0.2, 0.25) is 5.91 Å². The highest BCUT2D eigenvalue weighted by molar-refractivity contribution is 5.82. The largest absolute Gasteiger partial charge is 0.356 e. The lowest BCUT2D eigenvalue weighted by atomic mass is 10.0. The Morgan fingerprint density at radius 3 is 2.59 bits per heavy atom. The molecular weight excluding hydrogens is 212 g/mol. The summed E-state index contributed by atoms with van der Waals surface area (Å²) in [4.78, 5) is 12.0. The van der Waals surface area contributed by atoms with E-state index in [9.17, 15) is 4.79 Å². The first-order chi connectivity index (χ1) is 8.18. The van der Waals surface area contributed by atoms with Crippen molar-refractivity contribution in [1.82, 2.24) is 5.32 Å². The van der Waals surface area contributed by atoms with Gasteiger partial charge in [0.1, 0.15) is 0 Å². The van der Waals surface area contributed by atoms with Gasteiger partial charge in [0.15, 0.2) is 0 Å². The number of carbonyl (C=O) groups excluding carboxylic acids is 1. The summed E-state index contributed by atoms with van der Waals surface area (Å²) in [5.41, 5.74) is 5.69. The van der Waals surface area contributed by atoms with Crippen LogP contribution < -0.4 is 11.1 Å². The lowest BCUT2D eigenvalue weighted by Crippen LogP contribution is -2.29. The van der Waals surface area contributed by atoms with Gasteiger partial charge in [-0.1, -0.05) is 0 Å². The van der Waals surface area contributed by atoms with Crippen LogP contribution in [0.4, 0.5) is 0 Å². The van der Waals surface area contributed by atoms with Crippen LogP contribution in [0.1, 0.15) is 39.0 Å². The summed E-state index contributed by atoms with van der Waals surface area (Å²) in [6, 6.07) is 0.253. The zero-order chi connectivity index (χ0) is 12.0. The van der Waals surface area contributed by atoms with Gasteiger partial charge in [-0.05, 0) is 62.7 Å². The minimum Gasteiger partial charge on any atom is -0.356 e. The number of nitrogens with one attached hydrogen (secondary N) is 1. The molecule has 3 saturated carbocycles. The molecule has 3 nitrogen and oxygen atoms in total. The summed E-state index contributed by atoms with van der Waals surface area (Å²) >= 11 is 0. The lowest BCUT2D eigenvalue weighted by Gasteiger charge is -2.10. The molecule has 0 spiro atoms. The SMILES string of the molecule is CC(N)CCCNC(=O)C1C2C3CCC(C3)C12. The van der Waals surface area contributed by atoms with Crippen molar-refractivity contribution in [2.75, 3.05) is 6.54 Å². The summed E-state index contributed by atoms with van der Waals surface area (Å²) in [6.07, 6.45) is 6.21. The van der Waals surface area contributed by atoms with Gasteiger partial charge in [-0.25, -0.2) is 0 Å². The van der Waals surface area contributed by atoms with Crippen LogP contribution in [0.5, 0.6) is 0 Å². The third kappa shape index (κ3) is 1.99. The Balaban J connectivity index is 1.40. The molecule has 0 aromatic carbocycles. The monoisotopic (exact) mass is 236 g/mol. The number of hydrogen-bond donors (Lipinski definition) is 2. The zero-order valence-electron chi connectivity index (χ0n) is 10.7. The molecule has 0 aliphatic heterocycles. The van der Waals surface area contributed by atoms with E-state index in [1.165, 1.54) is 19.3 Å². The van der Waals surface area contributed by atoms with Crippen LogP contribution in [0.25, 0.3) is 0 Å². The molecule has 3 N–H and O–H groups in total. The van der Waals surface area contributed by atoms with Crippen molar-refractivity contribution in [2.45, 2.75) is 45.1 Å². The highest BCUT2D eigenvalue weighted by Gasteiger charge is 2.67. The summed E-state index contributed by atoms with van der Waals surface area (Å²) in [5, 5.41) is 3.10. The fraction of sp³-hybridized carbons (Fsp3) is 0.929. The van der Waals surface area contributed by atoms with Crippen LogP contribution in [0, 0.1) is 29.6 Å². The predicted octanol–water partition coefficient (Wildman–Crippen LogP) is 1.52.